The molecule has 40 heavy (non-hydrogen) atoms. The van der Waals surface area contributed by atoms with Crippen LogP contribution in [0.5, 0.6) is 0 Å². The van der Waals surface area contributed by atoms with Crippen LogP contribution < -0.4 is 11.1 Å². The van der Waals surface area contributed by atoms with Crippen molar-refractivity contribution in [3.05, 3.63) is 71.4 Å². The summed E-state index contributed by atoms with van der Waals surface area (Å²) in [5.74, 6) is -0.581. The molecule has 0 spiro atoms. The van der Waals surface area contributed by atoms with Crippen molar-refractivity contribution < 1.29 is 22.8 Å². The Morgan fingerprint density at radius 2 is 1.80 bits per heavy atom. The molecule has 2 amide bonds. The maximum Gasteiger partial charge on any atom is 0.433 e. The lowest BCUT2D eigenvalue weighted by Crippen LogP contribution is -2.38. The molecule has 1 aliphatic heterocycles. The average Bonchev–Trinajstić information content (AvgIpc) is 3.62. The predicted octanol–water partition coefficient (Wildman–Crippen LogP) is 3.44. The molecule has 1 fully saturated rings. The molecule has 3 aromatic heterocycles. The number of nitrogen functional groups attached to an aromatic ring is 1. The van der Waals surface area contributed by atoms with Gasteiger partial charge in [0.15, 0.2) is 0 Å². The van der Waals surface area contributed by atoms with Gasteiger partial charge in [0.1, 0.15) is 11.5 Å². The second-order valence-corrected chi connectivity index (χ2v) is 9.78. The van der Waals surface area contributed by atoms with Gasteiger partial charge >= 0.3 is 6.18 Å². The van der Waals surface area contributed by atoms with Crippen molar-refractivity contribution in [1.82, 2.24) is 34.8 Å². The van der Waals surface area contributed by atoms with Crippen molar-refractivity contribution in [1.29, 1.82) is 0 Å². The lowest BCUT2D eigenvalue weighted by molar-refractivity contribution is -0.143. The zero-order valence-electron chi connectivity index (χ0n) is 22.0. The highest BCUT2D eigenvalue weighted by Gasteiger charge is 2.39. The predicted molar refractivity (Wildman–Crippen MR) is 141 cm³/mol. The summed E-state index contributed by atoms with van der Waals surface area (Å²) in [5.41, 5.74) is 7.73. The first-order valence-corrected chi connectivity index (χ1v) is 12.5. The summed E-state index contributed by atoms with van der Waals surface area (Å²) in [6.45, 7) is 2.21. The minimum Gasteiger partial charge on any atom is -0.383 e. The number of carbonyl (C=O) groups excluding carboxylic acids is 2. The van der Waals surface area contributed by atoms with Crippen LogP contribution >= 0.6 is 0 Å². The first-order chi connectivity index (χ1) is 18.9. The monoisotopic (exact) mass is 552 g/mol. The van der Waals surface area contributed by atoms with E-state index in [0.29, 0.717) is 29.7 Å². The van der Waals surface area contributed by atoms with E-state index in [1.165, 1.54) is 38.2 Å². The van der Waals surface area contributed by atoms with E-state index in [0.717, 1.165) is 10.2 Å². The number of halogens is 3. The highest BCUT2D eigenvalue weighted by molar-refractivity contribution is 6.00. The number of carbonyl (C=O) groups is 2. The fraction of sp³-hybridized carbons (Fsp3) is 0.296. The Hall–Kier alpha value is -4.68. The average molecular weight is 553 g/mol. The van der Waals surface area contributed by atoms with Gasteiger partial charge in [-0.1, -0.05) is 12.1 Å². The quantitative estimate of drug-likeness (QED) is 0.391. The standard InChI is InChI=1S/C27H27F3N8O2/c1-15-22(23(27(28,29)30)37(3)35-15)16-4-6-17(7-5-16)26(40)38-9-8-20(14-38)34-25(39)21-10-18(11-32-24(21)31)19-12-33-36(2)13-19/h4-7,10-13,20H,8-9,14H2,1-3H3,(H2,31,32)(H,34,39)/t20-/m1/s1. The number of nitrogens with one attached hydrogen (secondary N) is 1. The van der Waals surface area contributed by atoms with Crippen molar-refractivity contribution in [3.8, 4) is 22.3 Å². The molecule has 0 saturated carbocycles. The summed E-state index contributed by atoms with van der Waals surface area (Å²) in [6, 6.07) is 7.35. The number of nitrogens with zero attached hydrogens (tertiary/aromatic N) is 6. The zero-order chi connectivity index (χ0) is 28.8. The van der Waals surface area contributed by atoms with Gasteiger partial charge in [0, 0.05) is 67.9 Å². The van der Waals surface area contributed by atoms with Crippen molar-refractivity contribution in [2.24, 2.45) is 14.1 Å². The van der Waals surface area contributed by atoms with Gasteiger partial charge in [-0.3, -0.25) is 19.0 Å². The van der Waals surface area contributed by atoms with Crippen LogP contribution in [0.4, 0.5) is 19.0 Å². The molecule has 4 heterocycles. The van der Waals surface area contributed by atoms with Gasteiger partial charge in [0.2, 0.25) is 0 Å². The Morgan fingerprint density at radius 3 is 2.45 bits per heavy atom. The Morgan fingerprint density at radius 1 is 1.07 bits per heavy atom. The molecule has 1 aliphatic rings. The third-order valence-electron chi connectivity index (χ3n) is 6.92. The Labute approximate surface area is 227 Å². The second-order valence-electron chi connectivity index (χ2n) is 9.78. The van der Waals surface area contributed by atoms with E-state index in [9.17, 15) is 22.8 Å². The van der Waals surface area contributed by atoms with Gasteiger partial charge < -0.3 is 16.0 Å². The number of nitrogens with two attached hydrogens (primary N) is 1. The van der Waals surface area contributed by atoms with Crippen LogP contribution in [-0.4, -0.2) is 60.4 Å². The fourth-order valence-electron chi connectivity index (χ4n) is 5.00. The number of hydrogen-bond donors (Lipinski definition) is 2. The van der Waals surface area contributed by atoms with Crippen LogP contribution in [0.25, 0.3) is 22.3 Å². The molecule has 10 nitrogen and oxygen atoms in total. The number of pyridine rings is 1. The van der Waals surface area contributed by atoms with Gasteiger partial charge in [-0.15, -0.1) is 0 Å². The third kappa shape index (κ3) is 5.14. The molecule has 0 bridgehead atoms. The normalized spacial score (nSPS) is 15.4. The number of alkyl halides is 3. The SMILES string of the molecule is Cc1nn(C)c(C(F)(F)F)c1-c1ccc(C(=O)N2CC[C@@H](NC(=O)c3cc(-c4cnn(C)c4)cnc3N)C2)cc1. The lowest BCUT2D eigenvalue weighted by atomic mass is 10.0. The molecule has 1 saturated heterocycles. The van der Waals surface area contributed by atoms with Crippen LogP contribution in [-0.2, 0) is 20.3 Å². The maximum atomic E-state index is 13.6. The van der Waals surface area contributed by atoms with Gasteiger partial charge in [0.25, 0.3) is 11.8 Å². The number of anilines is 1. The zero-order valence-corrected chi connectivity index (χ0v) is 22.0. The van der Waals surface area contributed by atoms with E-state index in [4.69, 9.17) is 5.73 Å². The summed E-state index contributed by atoms with van der Waals surface area (Å²) in [5, 5.41) is 11.0. The molecule has 208 valence electrons. The molecule has 0 radical (unpaired) electrons. The highest BCUT2D eigenvalue weighted by Crippen LogP contribution is 2.38. The number of benzene rings is 1. The van der Waals surface area contributed by atoms with Crippen LogP contribution in [0.1, 0.15) is 38.5 Å². The fourth-order valence-corrected chi connectivity index (χ4v) is 5.00. The van der Waals surface area contributed by atoms with Crippen molar-refractivity contribution in [3.63, 3.8) is 0 Å². The Balaban J connectivity index is 1.26. The van der Waals surface area contributed by atoms with Crippen LogP contribution in [0, 0.1) is 6.92 Å². The molecular formula is C27H27F3N8O2. The molecule has 1 atom stereocenters. The van der Waals surface area contributed by atoms with Crippen molar-refractivity contribution in [2.45, 2.75) is 25.6 Å². The van der Waals surface area contributed by atoms with E-state index in [-0.39, 0.29) is 41.1 Å². The first kappa shape index (κ1) is 26.9. The van der Waals surface area contributed by atoms with Gasteiger partial charge in [-0.05, 0) is 37.1 Å². The largest absolute Gasteiger partial charge is 0.433 e. The summed E-state index contributed by atoms with van der Waals surface area (Å²) in [4.78, 5) is 31.9. The van der Waals surface area contributed by atoms with Crippen molar-refractivity contribution >= 4 is 17.6 Å². The number of likely N-dealkylation sites (tertiary alicyclic amines) is 1. The summed E-state index contributed by atoms with van der Waals surface area (Å²) >= 11 is 0. The maximum absolute atomic E-state index is 13.6. The molecule has 3 N–H and O–H groups in total. The van der Waals surface area contributed by atoms with E-state index in [1.54, 1.807) is 41.3 Å². The Bertz CT molecular complexity index is 1590. The highest BCUT2D eigenvalue weighted by atomic mass is 19.4. The smallest absolute Gasteiger partial charge is 0.383 e. The van der Waals surface area contributed by atoms with Gasteiger partial charge in [0.05, 0.1) is 17.5 Å². The molecule has 5 rings (SSSR count). The second kappa shape index (κ2) is 10.1. The topological polar surface area (TPSA) is 124 Å². The van der Waals surface area contributed by atoms with E-state index >= 15 is 0 Å². The Kier molecular flexibility index (Phi) is 6.82. The minimum atomic E-state index is -4.57. The number of amides is 2. The lowest BCUT2D eigenvalue weighted by Gasteiger charge is -2.18. The minimum absolute atomic E-state index is 0.0145. The summed E-state index contributed by atoms with van der Waals surface area (Å²) < 4.78 is 43.3. The third-order valence-corrected chi connectivity index (χ3v) is 6.92. The van der Waals surface area contributed by atoms with E-state index < -0.39 is 17.8 Å². The first-order valence-electron chi connectivity index (χ1n) is 12.5. The van der Waals surface area contributed by atoms with E-state index in [1.807, 2.05) is 0 Å². The van der Waals surface area contributed by atoms with Crippen molar-refractivity contribution in [2.75, 3.05) is 18.8 Å². The molecule has 13 heteroatoms. The van der Waals surface area contributed by atoms with Crippen LogP contribution in [0.3, 0.4) is 0 Å². The number of hydrogen-bond acceptors (Lipinski definition) is 6. The van der Waals surface area contributed by atoms with Crippen LogP contribution in [0.2, 0.25) is 0 Å². The van der Waals surface area contributed by atoms with Gasteiger partial charge in [-0.25, -0.2) is 4.98 Å². The number of aromatic nitrogens is 5. The molecule has 4 aromatic rings. The summed E-state index contributed by atoms with van der Waals surface area (Å²) in [6.07, 6.45) is 0.999. The van der Waals surface area contributed by atoms with Crippen LogP contribution in [0.15, 0.2) is 48.9 Å². The number of aryl methyl sites for hydroxylation is 3. The van der Waals surface area contributed by atoms with E-state index in [2.05, 4.69) is 20.5 Å². The van der Waals surface area contributed by atoms with Gasteiger partial charge in [-0.2, -0.15) is 23.4 Å². The number of rotatable bonds is 5. The molecular weight excluding hydrogens is 525 g/mol. The summed E-state index contributed by atoms with van der Waals surface area (Å²) in [7, 11) is 3.04. The molecule has 0 unspecified atom stereocenters. The molecule has 0 aliphatic carbocycles. The molecule has 1 aromatic carbocycles.